The van der Waals surface area contributed by atoms with Gasteiger partial charge in [-0.15, -0.1) is 0 Å². The fraction of sp³-hybridized carbons (Fsp3) is 0.278. The number of carbonyl (C=O) groups excluding carboxylic acids is 2. The maximum Gasteiger partial charge on any atom is 0.264 e. The highest BCUT2D eigenvalue weighted by atomic mass is 19.1. The molecule has 26 heavy (non-hydrogen) atoms. The average molecular weight is 359 g/mol. The Balaban J connectivity index is 1.47. The molecule has 7 nitrogen and oxygen atoms in total. The van der Waals surface area contributed by atoms with Crippen LogP contribution in [0.3, 0.4) is 0 Å². The Bertz CT molecular complexity index is 802. The molecule has 0 unspecified atom stereocenters. The zero-order valence-corrected chi connectivity index (χ0v) is 14.1. The Kier molecular flexibility index (Phi) is 5.31. The molecular weight excluding hydrogens is 341 g/mol. The molecular formula is C18H18FN3O4. The molecule has 3 rings (SSSR count). The Morgan fingerprint density at radius 3 is 2.77 bits per heavy atom. The number of nitrogens with zero attached hydrogens (tertiary/aromatic N) is 1. The van der Waals surface area contributed by atoms with Crippen molar-refractivity contribution in [1.82, 2.24) is 10.6 Å². The minimum absolute atomic E-state index is 0.240. The first kappa shape index (κ1) is 17.7. The molecule has 8 heteroatoms. The molecule has 1 aromatic heterocycles. The fourth-order valence-corrected chi connectivity index (χ4v) is 2.44. The lowest BCUT2D eigenvalue weighted by atomic mass is 10.0. The van der Waals surface area contributed by atoms with E-state index < -0.39 is 18.1 Å². The summed E-state index contributed by atoms with van der Waals surface area (Å²) in [4.78, 5) is 29.4. The average Bonchev–Trinajstić information content (AvgIpc) is 3.32. The van der Waals surface area contributed by atoms with Gasteiger partial charge in [-0.2, -0.15) is 0 Å². The summed E-state index contributed by atoms with van der Waals surface area (Å²) in [7, 11) is 0. The minimum Gasteiger partial charge on any atom is -0.467 e. The molecule has 0 spiro atoms. The molecule has 0 aliphatic carbocycles. The summed E-state index contributed by atoms with van der Waals surface area (Å²) in [6.07, 6.45) is 0.941. The van der Waals surface area contributed by atoms with Gasteiger partial charge in [-0.3, -0.25) is 9.59 Å². The predicted molar refractivity (Wildman–Crippen MR) is 90.6 cm³/mol. The van der Waals surface area contributed by atoms with Gasteiger partial charge in [-0.25, -0.2) is 4.39 Å². The highest BCUT2D eigenvalue weighted by molar-refractivity contribution is 6.04. The molecule has 0 saturated heterocycles. The highest BCUT2D eigenvalue weighted by Gasteiger charge is 2.30. The molecule has 0 saturated carbocycles. The lowest BCUT2D eigenvalue weighted by molar-refractivity contribution is -0.135. The molecule has 2 N–H and O–H groups in total. The standard InChI is InChI=1S/C18H18FN3O4/c1-11(17(23)20-10-14-3-2-8-25-14)21-18(24)16-9-15(22-26-16)12-4-6-13(19)7-5-12/h2-8,11,16H,9-10H2,1H3,(H,20,23)(H,21,24)/t11-,16-/m0/s1. The van der Waals surface area contributed by atoms with Crippen LogP contribution in [0.4, 0.5) is 4.39 Å². The SMILES string of the molecule is C[C@H](NC(=O)[C@@H]1CC(c2ccc(F)cc2)=NO1)C(=O)NCc1ccco1. The van der Waals surface area contributed by atoms with E-state index in [4.69, 9.17) is 9.25 Å². The lowest BCUT2D eigenvalue weighted by Gasteiger charge is -2.15. The Hall–Kier alpha value is -3.16. The van der Waals surface area contributed by atoms with E-state index in [1.807, 2.05) is 0 Å². The van der Waals surface area contributed by atoms with Crippen LogP contribution in [0.15, 0.2) is 52.2 Å². The van der Waals surface area contributed by atoms with E-state index in [-0.39, 0.29) is 24.7 Å². The van der Waals surface area contributed by atoms with Gasteiger partial charge in [0.2, 0.25) is 12.0 Å². The van der Waals surface area contributed by atoms with E-state index in [1.165, 1.54) is 18.4 Å². The van der Waals surface area contributed by atoms with Crippen LogP contribution in [0.5, 0.6) is 0 Å². The third-order valence-corrected chi connectivity index (χ3v) is 3.91. The van der Waals surface area contributed by atoms with Crippen LogP contribution >= 0.6 is 0 Å². The second-order valence-electron chi connectivity index (χ2n) is 5.87. The first-order valence-corrected chi connectivity index (χ1v) is 8.12. The number of benzene rings is 1. The number of hydrogen-bond donors (Lipinski definition) is 2. The molecule has 2 aromatic rings. The van der Waals surface area contributed by atoms with Gasteiger partial charge < -0.3 is 19.9 Å². The number of halogens is 1. The maximum atomic E-state index is 13.0. The van der Waals surface area contributed by atoms with E-state index in [0.29, 0.717) is 17.0 Å². The Morgan fingerprint density at radius 2 is 2.08 bits per heavy atom. The second-order valence-corrected chi connectivity index (χ2v) is 5.87. The molecule has 2 amide bonds. The Morgan fingerprint density at radius 1 is 1.31 bits per heavy atom. The van der Waals surface area contributed by atoms with E-state index in [1.54, 1.807) is 31.2 Å². The summed E-state index contributed by atoms with van der Waals surface area (Å²) >= 11 is 0. The van der Waals surface area contributed by atoms with Gasteiger partial charge in [0, 0.05) is 6.42 Å². The summed E-state index contributed by atoms with van der Waals surface area (Å²) < 4.78 is 18.1. The van der Waals surface area contributed by atoms with Gasteiger partial charge in [0.1, 0.15) is 17.6 Å². The molecule has 1 aromatic carbocycles. The molecule has 2 atom stereocenters. The van der Waals surface area contributed by atoms with Crippen molar-refractivity contribution in [3.05, 3.63) is 59.8 Å². The van der Waals surface area contributed by atoms with Crippen molar-refractivity contribution in [2.45, 2.75) is 32.0 Å². The molecule has 1 aliphatic rings. The zero-order valence-electron chi connectivity index (χ0n) is 14.1. The van der Waals surface area contributed by atoms with E-state index in [0.717, 1.165) is 0 Å². The number of hydrogen-bond acceptors (Lipinski definition) is 5. The quantitative estimate of drug-likeness (QED) is 0.822. The zero-order chi connectivity index (χ0) is 18.5. The van der Waals surface area contributed by atoms with Crippen molar-refractivity contribution in [3.8, 4) is 0 Å². The number of oxime groups is 1. The second kappa shape index (κ2) is 7.81. The van der Waals surface area contributed by atoms with Crippen LogP contribution in [-0.4, -0.2) is 29.7 Å². The van der Waals surface area contributed by atoms with Crippen LogP contribution < -0.4 is 10.6 Å². The smallest absolute Gasteiger partial charge is 0.264 e. The van der Waals surface area contributed by atoms with Crippen LogP contribution in [-0.2, 0) is 21.0 Å². The van der Waals surface area contributed by atoms with Crippen molar-refractivity contribution >= 4 is 17.5 Å². The normalized spacial score (nSPS) is 17.2. The summed E-state index contributed by atoms with van der Waals surface area (Å²) in [5.41, 5.74) is 1.24. The van der Waals surface area contributed by atoms with Gasteiger partial charge in [-0.1, -0.05) is 17.3 Å². The summed E-state index contributed by atoms with van der Waals surface area (Å²) in [5, 5.41) is 9.14. The lowest BCUT2D eigenvalue weighted by Crippen LogP contribution is -2.47. The van der Waals surface area contributed by atoms with Crippen molar-refractivity contribution in [3.63, 3.8) is 0 Å². The largest absolute Gasteiger partial charge is 0.467 e. The van der Waals surface area contributed by atoms with Crippen molar-refractivity contribution in [2.75, 3.05) is 0 Å². The van der Waals surface area contributed by atoms with E-state index >= 15 is 0 Å². The van der Waals surface area contributed by atoms with Crippen LogP contribution in [0.2, 0.25) is 0 Å². The molecule has 0 radical (unpaired) electrons. The monoisotopic (exact) mass is 359 g/mol. The Labute approximate surface area is 149 Å². The van der Waals surface area contributed by atoms with Crippen molar-refractivity contribution in [1.29, 1.82) is 0 Å². The molecule has 2 heterocycles. The summed E-state index contributed by atoms with van der Waals surface area (Å²) in [6.45, 7) is 1.82. The van der Waals surface area contributed by atoms with Crippen molar-refractivity contribution in [2.24, 2.45) is 5.16 Å². The first-order valence-electron chi connectivity index (χ1n) is 8.12. The minimum atomic E-state index is -0.824. The molecule has 136 valence electrons. The number of furan rings is 1. The fourth-order valence-electron chi connectivity index (χ4n) is 2.44. The topological polar surface area (TPSA) is 92.9 Å². The third-order valence-electron chi connectivity index (χ3n) is 3.91. The summed E-state index contributed by atoms with van der Waals surface area (Å²) in [6, 6.07) is 8.50. The number of amides is 2. The van der Waals surface area contributed by atoms with E-state index in [2.05, 4.69) is 15.8 Å². The van der Waals surface area contributed by atoms with Gasteiger partial charge in [0.25, 0.3) is 5.91 Å². The van der Waals surface area contributed by atoms with Crippen molar-refractivity contribution < 1.29 is 23.2 Å². The first-order chi connectivity index (χ1) is 12.5. The van der Waals surface area contributed by atoms with Crippen LogP contribution in [0.25, 0.3) is 0 Å². The number of carbonyl (C=O) groups is 2. The van der Waals surface area contributed by atoms with Gasteiger partial charge >= 0.3 is 0 Å². The van der Waals surface area contributed by atoms with Gasteiger partial charge in [-0.05, 0) is 36.8 Å². The maximum absolute atomic E-state index is 13.0. The molecule has 1 aliphatic heterocycles. The van der Waals surface area contributed by atoms with Crippen LogP contribution in [0, 0.1) is 5.82 Å². The van der Waals surface area contributed by atoms with E-state index in [9.17, 15) is 14.0 Å². The molecule has 0 bridgehead atoms. The van der Waals surface area contributed by atoms with Gasteiger partial charge in [0.15, 0.2) is 0 Å². The number of nitrogens with one attached hydrogen (secondary N) is 2. The van der Waals surface area contributed by atoms with Gasteiger partial charge in [0.05, 0.1) is 18.5 Å². The number of rotatable bonds is 6. The van der Waals surface area contributed by atoms with Crippen LogP contribution in [0.1, 0.15) is 24.7 Å². The molecule has 0 fully saturated rings. The third kappa shape index (κ3) is 4.27. The summed E-state index contributed by atoms with van der Waals surface area (Å²) in [5.74, 6) is -0.510. The predicted octanol–water partition coefficient (Wildman–Crippen LogP) is 1.73. The highest BCUT2D eigenvalue weighted by Crippen LogP contribution is 2.17.